The number of fused-ring (bicyclic) bond motifs is 3. The Hall–Kier alpha value is -2.35. The van der Waals surface area contributed by atoms with Crippen molar-refractivity contribution < 1.29 is 9.53 Å². The summed E-state index contributed by atoms with van der Waals surface area (Å²) in [7, 11) is 0. The third-order valence-corrected chi connectivity index (χ3v) is 2.98. The van der Waals surface area contributed by atoms with E-state index < -0.39 is 0 Å². The predicted molar refractivity (Wildman–Crippen MR) is 72.8 cm³/mol. The zero-order valence-electron chi connectivity index (χ0n) is 10.0. The van der Waals surface area contributed by atoms with Crippen molar-refractivity contribution in [2.24, 2.45) is 0 Å². The Kier molecular flexibility index (Phi) is 2.49. The molecule has 0 heterocycles. The fourth-order valence-corrected chi connectivity index (χ4v) is 2.26. The van der Waals surface area contributed by atoms with Crippen molar-refractivity contribution in [3.8, 4) is 5.75 Å². The molecular formula is C16H12O2. The summed E-state index contributed by atoms with van der Waals surface area (Å²) in [5, 5.41) is 4.31. The predicted octanol–water partition coefficient (Wildman–Crippen LogP) is 3.92. The Labute approximate surface area is 105 Å². The first-order valence-corrected chi connectivity index (χ1v) is 5.84. The number of carbonyl (C=O) groups is 1. The Morgan fingerprint density at radius 3 is 2.22 bits per heavy atom. The van der Waals surface area contributed by atoms with E-state index in [0.717, 1.165) is 16.2 Å². The third kappa shape index (κ3) is 1.72. The second-order valence-corrected chi connectivity index (χ2v) is 4.24. The van der Waals surface area contributed by atoms with Crippen LogP contribution < -0.4 is 4.74 Å². The number of rotatable bonds is 1. The third-order valence-electron chi connectivity index (χ3n) is 2.98. The molecule has 2 nitrogen and oxygen atoms in total. The summed E-state index contributed by atoms with van der Waals surface area (Å²) in [6.07, 6.45) is 0. The lowest BCUT2D eigenvalue weighted by Gasteiger charge is -2.09. The molecule has 2 heteroatoms. The molecule has 0 unspecified atom stereocenters. The minimum atomic E-state index is -0.296. The molecule has 3 aromatic carbocycles. The van der Waals surface area contributed by atoms with Gasteiger partial charge in [-0.2, -0.15) is 0 Å². The van der Waals surface area contributed by atoms with E-state index >= 15 is 0 Å². The first-order valence-electron chi connectivity index (χ1n) is 5.84. The van der Waals surface area contributed by atoms with E-state index in [1.807, 2.05) is 48.5 Å². The maximum absolute atomic E-state index is 11.2. The quantitative estimate of drug-likeness (QED) is 0.363. The Bertz CT molecular complexity index is 744. The molecular weight excluding hydrogens is 224 g/mol. The molecule has 18 heavy (non-hydrogen) atoms. The maximum atomic E-state index is 11.2. The van der Waals surface area contributed by atoms with Gasteiger partial charge in [-0.25, -0.2) is 0 Å². The van der Waals surface area contributed by atoms with Crippen LogP contribution in [0, 0.1) is 0 Å². The van der Waals surface area contributed by atoms with E-state index in [1.165, 1.54) is 12.3 Å². The minimum absolute atomic E-state index is 0.296. The smallest absolute Gasteiger partial charge is 0.308 e. The van der Waals surface area contributed by atoms with Crippen LogP contribution in [-0.2, 0) is 4.79 Å². The average Bonchev–Trinajstić information content (AvgIpc) is 2.38. The van der Waals surface area contributed by atoms with Crippen LogP contribution in [0.2, 0.25) is 0 Å². The molecule has 0 aliphatic carbocycles. The molecule has 3 aromatic rings. The van der Waals surface area contributed by atoms with Gasteiger partial charge in [0, 0.05) is 12.3 Å². The van der Waals surface area contributed by atoms with Gasteiger partial charge in [0.15, 0.2) is 0 Å². The van der Waals surface area contributed by atoms with Crippen LogP contribution >= 0.6 is 0 Å². The number of benzene rings is 3. The van der Waals surface area contributed by atoms with Crippen molar-refractivity contribution in [1.29, 1.82) is 0 Å². The molecule has 0 atom stereocenters. The molecule has 0 aromatic heterocycles. The van der Waals surface area contributed by atoms with Gasteiger partial charge in [0.25, 0.3) is 0 Å². The summed E-state index contributed by atoms with van der Waals surface area (Å²) in [6.45, 7) is 1.42. The molecule has 3 rings (SSSR count). The molecule has 0 amide bonds. The normalized spacial score (nSPS) is 10.7. The van der Waals surface area contributed by atoms with Gasteiger partial charge in [0.2, 0.25) is 0 Å². The molecule has 0 saturated heterocycles. The van der Waals surface area contributed by atoms with E-state index in [1.54, 1.807) is 0 Å². The van der Waals surface area contributed by atoms with Gasteiger partial charge in [-0.1, -0.05) is 48.5 Å². The Balaban J connectivity index is 2.42. The average molecular weight is 236 g/mol. The van der Waals surface area contributed by atoms with Crippen molar-refractivity contribution in [1.82, 2.24) is 0 Å². The van der Waals surface area contributed by atoms with Crippen LogP contribution in [0.15, 0.2) is 54.6 Å². The monoisotopic (exact) mass is 236 g/mol. The summed E-state index contributed by atoms with van der Waals surface area (Å²) in [4.78, 5) is 11.2. The van der Waals surface area contributed by atoms with Crippen LogP contribution in [0.3, 0.4) is 0 Å². The summed E-state index contributed by atoms with van der Waals surface area (Å²) in [6, 6.07) is 18.0. The lowest BCUT2D eigenvalue weighted by Crippen LogP contribution is -2.01. The highest BCUT2D eigenvalue weighted by molar-refractivity contribution is 6.10. The Morgan fingerprint density at radius 1 is 0.889 bits per heavy atom. The van der Waals surface area contributed by atoms with E-state index in [-0.39, 0.29) is 5.97 Å². The summed E-state index contributed by atoms with van der Waals surface area (Å²) in [5.74, 6) is 0.326. The van der Waals surface area contributed by atoms with Gasteiger partial charge in [-0.05, 0) is 22.2 Å². The molecule has 0 radical (unpaired) electrons. The van der Waals surface area contributed by atoms with Crippen LogP contribution in [0.5, 0.6) is 5.75 Å². The van der Waals surface area contributed by atoms with Crippen LogP contribution in [0.1, 0.15) is 6.92 Å². The van der Waals surface area contributed by atoms with Crippen LogP contribution in [-0.4, -0.2) is 5.97 Å². The summed E-state index contributed by atoms with van der Waals surface area (Å²) >= 11 is 0. The van der Waals surface area contributed by atoms with Crippen LogP contribution in [0.25, 0.3) is 21.5 Å². The maximum Gasteiger partial charge on any atom is 0.308 e. The molecule has 0 fully saturated rings. The van der Waals surface area contributed by atoms with Crippen molar-refractivity contribution in [3.63, 3.8) is 0 Å². The molecule has 0 aliphatic rings. The zero-order valence-corrected chi connectivity index (χ0v) is 10.0. The molecule has 0 N–H and O–H groups in total. The molecule has 0 aliphatic heterocycles. The van der Waals surface area contributed by atoms with Gasteiger partial charge in [-0.3, -0.25) is 4.79 Å². The van der Waals surface area contributed by atoms with Gasteiger partial charge < -0.3 is 4.74 Å². The van der Waals surface area contributed by atoms with Gasteiger partial charge in [0.05, 0.1) is 0 Å². The van der Waals surface area contributed by atoms with Crippen molar-refractivity contribution >= 4 is 27.5 Å². The highest BCUT2D eigenvalue weighted by atomic mass is 16.5. The summed E-state index contributed by atoms with van der Waals surface area (Å²) < 4.78 is 5.30. The number of hydrogen-bond acceptors (Lipinski definition) is 2. The molecule has 0 saturated carbocycles. The topological polar surface area (TPSA) is 26.3 Å². The van der Waals surface area contributed by atoms with Crippen molar-refractivity contribution in [2.75, 3.05) is 0 Å². The standard InChI is InChI=1S/C16H12O2/c1-11(17)18-16-10-12-6-2-3-7-13(12)14-8-4-5-9-15(14)16/h2-10H,1H3. The van der Waals surface area contributed by atoms with Gasteiger partial charge in [0.1, 0.15) is 5.75 Å². The minimum Gasteiger partial charge on any atom is -0.426 e. The first-order chi connectivity index (χ1) is 8.75. The van der Waals surface area contributed by atoms with Gasteiger partial charge in [-0.15, -0.1) is 0 Å². The number of carbonyl (C=O) groups excluding carboxylic acids is 1. The Morgan fingerprint density at radius 2 is 1.50 bits per heavy atom. The molecule has 88 valence electrons. The van der Waals surface area contributed by atoms with Crippen molar-refractivity contribution in [3.05, 3.63) is 54.6 Å². The fraction of sp³-hybridized carbons (Fsp3) is 0.0625. The molecule has 0 spiro atoms. The molecule has 0 bridgehead atoms. The van der Waals surface area contributed by atoms with E-state index in [0.29, 0.717) is 5.75 Å². The highest BCUT2D eigenvalue weighted by Gasteiger charge is 2.08. The number of esters is 1. The van der Waals surface area contributed by atoms with E-state index in [2.05, 4.69) is 6.07 Å². The lowest BCUT2D eigenvalue weighted by atomic mass is 10.0. The lowest BCUT2D eigenvalue weighted by molar-refractivity contribution is -0.131. The highest BCUT2D eigenvalue weighted by Crippen LogP contribution is 2.33. The largest absolute Gasteiger partial charge is 0.426 e. The summed E-state index contributed by atoms with van der Waals surface area (Å²) in [5.41, 5.74) is 0. The van der Waals surface area contributed by atoms with Crippen molar-refractivity contribution in [2.45, 2.75) is 6.92 Å². The number of ether oxygens (including phenoxy) is 1. The first kappa shape index (κ1) is 10.8. The second kappa shape index (κ2) is 4.15. The van der Waals surface area contributed by atoms with Gasteiger partial charge >= 0.3 is 5.97 Å². The fourth-order valence-electron chi connectivity index (χ4n) is 2.26. The SMILES string of the molecule is CC(=O)Oc1cc2ccccc2c2ccccc12. The number of hydrogen-bond donors (Lipinski definition) is 0. The second-order valence-electron chi connectivity index (χ2n) is 4.24. The zero-order chi connectivity index (χ0) is 12.5. The van der Waals surface area contributed by atoms with Crippen LogP contribution in [0.4, 0.5) is 0 Å². The van der Waals surface area contributed by atoms with E-state index in [9.17, 15) is 4.79 Å². The van der Waals surface area contributed by atoms with E-state index in [4.69, 9.17) is 4.74 Å².